The van der Waals surface area contributed by atoms with Crippen LogP contribution in [0.3, 0.4) is 0 Å². The molecular formula is C22H27N3O2. The van der Waals surface area contributed by atoms with Crippen LogP contribution in [-0.4, -0.2) is 38.9 Å². The lowest BCUT2D eigenvalue weighted by Crippen LogP contribution is -2.26. The number of ether oxygens (including phenoxy) is 2. The lowest BCUT2D eigenvalue weighted by Gasteiger charge is -2.22. The molecule has 2 heterocycles. The average Bonchev–Trinajstić information content (AvgIpc) is 3.23. The highest BCUT2D eigenvalue weighted by Gasteiger charge is 2.14. The van der Waals surface area contributed by atoms with Crippen LogP contribution in [0.4, 0.5) is 5.69 Å². The predicted octanol–water partition coefficient (Wildman–Crippen LogP) is 3.45. The summed E-state index contributed by atoms with van der Waals surface area (Å²) in [6, 6.07) is 17.0. The standard InChI is InChI=1S/C22H27N3O2/c1-5-20(25-22-23-11-12-24-22)6-2-17(1)15-18-3-7-21(8-4-18)27-16-19-9-13-26-14-10-19/h1-8,19H,9-16H2,(H2,23,24,25). The molecule has 5 nitrogen and oxygen atoms in total. The Morgan fingerprint density at radius 1 is 1.00 bits per heavy atom. The Kier molecular flexibility index (Phi) is 5.89. The third-order valence-electron chi connectivity index (χ3n) is 5.05. The molecule has 0 radical (unpaired) electrons. The SMILES string of the molecule is c1cc(NC2=NCCN2)ccc1Cc1ccc(OCC2CCOCC2)cc1. The molecule has 4 rings (SSSR count). The van der Waals surface area contributed by atoms with Crippen molar-refractivity contribution in [3.63, 3.8) is 0 Å². The van der Waals surface area contributed by atoms with Gasteiger partial charge in [0.1, 0.15) is 5.75 Å². The van der Waals surface area contributed by atoms with E-state index >= 15 is 0 Å². The monoisotopic (exact) mass is 365 g/mol. The molecule has 2 aliphatic rings. The van der Waals surface area contributed by atoms with E-state index in [0.29, 0.717) is 5.92 Å². The van der Waals surface area contributed by atoms with Crippen molar-refractivity contribution in [3.05, 3.63) is 59.7 Å². The smallest absolute Gasteiger partial charge is 0.195 e. The van der Waals surface area contributed by atoms with E-state index in [1.165, 1.54) is 11.1 Å². The van der Waals surface area contributed by atoms with E-state index in [1.807, 2.05) is 0 Å². The first-order chi connectivity index (χ1) is 13.3. The van der Waals surface area contributed by atoms with Crippen LogP contribution in [0, 0.1) is 5.92 Å². The van der Waals surface area contributed by atoms with Crippen LogP contribution in [-0.2, 0) is 11.2 Å². The van der Waals surface area contributed by atoms with E-state index < -0.39 is 0 Å². The molecule has 1 saturated heterocycles. The number of aliphatic imine (C=N–C) groups is 1. The Bertz CT molecular complexity index is 750. The fourth-order valence-corrected chi connectivity index (χ4v) is 3.39. The normalized spacial score (nSPS) is 17.3. The summed E-state index contributed by atoms with van der Waals surface area (Å²) in [6.45, 7) is 4.28. The minimum absolute atomic E-state index is 0.621. The van der Waals surface area contributed by atoms with Gasteiger partial charge in [-0.05, 0) is 60.6 Å². The lowest BCUT2D eigenvalue weighted by atomic mass is 10.0. The van der Waals surface area contributed by atoms with Gasteiger partial charge in [-0.25, -0.2) is 0 Å². The molecule has 0 spiro atoms. The van der Waals surface area contributed by atoms with Gasteiger partial charge in [0.15, 0.2) is 5.96 Å². The van der Waals surface area contributed by atoms with Gasteiger partial charge >= 0.3 is 0 Å². The molecule has 5 heteroatoms. The maximum Gasteiger partial charge on any atom is 0.195 e. The van der Waals surface area contributed by atoms with Crippen molar-refractivity contribution in [1.29, 1.82) is 0 Å². The minimum atomic E-state index is 0.621. The molecular weight excluding hydrogens is 338 g/mol. The van der Waals surface area contributed by atoms with E-state index in [2.05, 4.69) is 64.2 Å². The fraction of sp³-hybridized carbons (Fsp3) is 0.409. The van der Waals surface area contributed by atoms with Gasteiger partial charge in [0, 0.05) is 25.4 Å². The Hall–Kier alpha value is -2.53. The first-order valence-corrected chi connectivity index (χ1v) is 9.79. The van der Waals surface area contributed by atoms with Crippen molar-refractivity contribution in [2.75, 3.05) is 38.2 Å². The lowest BCUT2D eigenvalue weighted by molar-refractivity contribution is 0.0497. The second kappa shape index (κ2) is 8.91. The molecule has 0 unspecified atom stereocenters. The summed E-state index contributed by atoms with van der Waals surface area (Å²) in [6.07, 6.45) is 3.12. The van der Waals surface area contributed by atoms with E-state index in [9.17, 15) is 0 Å². The van der Waals surface area contributed by atoms with Gasteiger partial charge < -0.3 is 20.1 Å². The molecule has 2 aliphatic heterocycles. The van der Waals surface area contributed by atoms with Gasteiger partial charge in [-0.3, -0.25) is 4.99 Å². The number of benzene rings is 2. The van der Waals surface area contributed by atoms with Crippen molar-refractivity contribution in [2.24, 2.45) is 10.9 Å². The third kappa shape index (κ3) is 5.23. The van der Waals surface area contributed by atoms with Crippen molar-refractivity contribution in [3.8, 4) is 5.75 Å². The topological polar surface area (TPSA) is 54.9 Å². The maximum atomic E-state index is 5.95. The van der Waals surface area contributed by atoms with Crippen molar-refractivity contribution in [2.45, 2.75) is 19.3 Å². The summed E-state index contributed by atoms with van der Waals surface area (Å²) in [7, 11) is 0. The Morgan fingerprint density at radius 3 is 2.37 bits per heavy atom. The molecule has 0 aliphatic carbocycles. The van der Waals surface area contributed by atoms with Crippen LogP contribution in [0.5, 0.6) is 5.75 Å². The van der Waals surface area contributed by atoms with Gasteiger partial charge in [0.2, 0.25) is 0 Å². The number of hydrogen-bond acceptors (Lipinski definition) is 5. The highest BCUT2D eigenvalue weighted by atomic mass is 16.5. The molecule has 0 amide bonds. The quantitative estimate of drug-likeness (QED) is 0.823. The van der Waals surface area contributed by atoms with Crippen LogP contribution < -0.4 is 15.4 Å². The van der Waals surface area contributed by atoms with Gasteiger partial charge in [0.05, 0.1) is 13.2 Å². The van der Waals surface area contributed by atoms with Gasteiger partial charge in [-0.2, -0.15) is 0 Å². The summed E-state index contributed by atoms with van der Waals surface area (Å²) in [5.41, 5.74) is 3.64. The third-order valence-corrected chi connectivity index (χ3v) is 5.05. The van der Waals surface area contributed by atoms with E-state index in [1.54, 1.807) is 0 Å². The highest BCUT2D eigenvalue weighted by molar-refractivity contribution is 5.94. The van der Waals surface area contributed by atoms with E-state index in [4.69, 9.17) is 9.47 Å². The van der Waals surface area contributed by atoms with E-state index in [0.717, 1.165) is 69.6 Å². The zero-order valence-electron chi connectivity index (χ0n) is 15.6. The minimum Gasteiger partial charge on any atom is -0.493 e. The van der Waals surface area contributed by atoms with Gasteiger partial charge in [-0.1, -0.05) is 24.3 Å². The van der Waals surface area contributed by atoms with Crippen LogP contribution in [0.2, 0.25) is 0 Å². The van der Waals surface area contributed by atoms with Crippen LogP contribution in [0.15, 0.2) is 53.5 Å². The maximum absolute atomic E-state index is 5.95. The molecule has 0 aromatic heterocycles. The highest BCUT2D eigenvalue weighted by Crippen LogP contribution is 2.20. The molecule has 0 saturated carbocycles. The first-order valence-electron chi connectivity index (χ1n) is 9.79. The molecule has 2 aromatic rings. The number of nitrogens with zero attached hydrogens (tertiary/aromatic N) is 1. The van der Waals surface area contributed by atoms with Crippen molar-refractivity contribution in [1.82, 2.24) is 5.32 Å². The molecule has 27 heavy (non-hydrogen) atoms. The summed E-state index contributed by atoms with van der Waals surface area (Å²) in [5.74, 6) is 2.43. The Labute approximate surface area is 160 Å². The first kappa shape index (κ1) is 17.9. The number of anilines is 1. The zero-order chi connectivity index (χ0) is 18.3. The predicted molar refractivity (Wildman–Crippen MR) is 109 cm³/mol. The van der Waals surface area contributed by atoms with Crippen molar-refractivity contribution < 1.29 is 9.47 Å². The summed E-state index contributed by atoms with van der Waals surface area (Å²) in [5, 5.41) is 6.51. The Morgan fingerprint density at radius 2 is 1.70 bits per heavy atom. The summed E-state index contributed by atoms with van der Waals surface area (Å²) < 4.78 is 11.3. The largest absolute Gasteiger partial charge is 0.493 e. The van der Waals surface area contributed by atoms with E-state index in [-0.39, 0.29) is 0 Å². The number of rotatable bonds is 6. The zero-order valence-corrected chi connectivity index (χ0v) is 15.6. The second-order valence-electron chi connectivity index (χ2n) is 7.17. The summed E-state index contributed by atoms with van der Waals surface area (Å²) in [4.78, 5) is 4.35. The average molecular weight is 365 g/mol. The van der Waals surface area contributed by atoms with Crippen molar-refractivity contribution >= 4 is 11.6 Å². The van der Waals surface area contributed by atoms with Gasteiger partial charge in [0.25, 0.3) is 0 Å². The molecule has 1 fully saturated rings. The molecule has 0 atom stereocenters. The van der Waals surface area contributed by atoms with Crippen LogP contribution in [0.25, 0.3) is 0 Å². The number of hydrogen-bond donors (Lipinski definition) is 2. The molecule has 2 aromatic carbocycles. The van der Waals surface area contributed by atoms with Gasteiger partial charge in [-0.15, -0.1) is 0 Å². The van der Waals surface area contributed by atoms with Crippen LogP contribution >= 0.6 is 0 Å². The van der Waals surface area contributed by atoms with Crippen LogP contribution in [0.1, 0.15) is 24.0 Å². The molecule has 142 valence electrons. The number of guanidine groups is 1. The molecule has 0 bridgehead atoms. The second-order valence-corrected chi connectivity index (χ2v) is 7.17. The number of nitrogens with one attached hydrogen (secondary N) is 2. The Balaban J connectivity index is 1.27. The summed E-state index contributed by atoms with van der Waals surface area (Å²) >= 11 is 0. The molecule has 2 N–H and O–H groups in total. The fourth-order valence-electron chi connectivity index (χ4n) is 3.39.